The van der Waals surface area contributed by atoms with E-state index < -0.39 is 5.97 Å². The summed E-state index contributed by atoms with van der Waals surface area (Å²) in [6.45, 7) is 1.96. The summed E-state index contributed by atoms with van der Waals surface area (Å²) in [6.07, 6.45) is 3.44. The molecule has 1 aromatic carbocycles. The summed E-state index contributed by atoms with van der Waals surface area (Å²) < 4.78 is 12.8. The first kappa shape index (κ1) is 20.0. The number of rotatable bonds is 6. The maximum Gasteiger partial charge on any atom is 0.307 e. The van der Waals surface area contributed by atoms with Gasteiger partial charge in [-0.15, -0.1) is 0 Å². The summed E-state index contributed by atoms with van der Waals surface area (Å²) in [4.78, 5) is 18.5. The van der Waals surface area contributed by atoms with Crippen molar-refractivity contribution in [3.63, 3.8) is 0 Å². The van der Waals surface area contributed by atoms with E-state index in [9.17, 15) is 9.90 Å². The monoisotopic (exact) mass is 410 g/mol. The molecule has 1 saturated heterocycles. The highest BCUT2D eigenvalue weighted by molar-refractivity contribution is 5.71. The number of hydrogen-bond donors (Lipinski definition) is 2. The third-order valence-corrected chi connectivity index (χ3v) is 5.63. The molecule has 30 heavy (non-hydrogen) atoms. The number of anilines is 1. The number of likely N-dealkylation sites (tertiary alicyclic amines) is 1. The molecule has 1 fully saturated rings. The van der Waals surface area contributed by atoms with Gasteiger partial charge in [-0.2, -0.15) is 0 Å². The van der Waals surface area contributed by atoms with Gasteiger partial charge in [0.2, 0.25) is 0 Å². The number of methoxy groups -OCH3 is 2. The van der Waals surface area contributed by atoms with Gasteiger partial charge in [-0.05, 0) is 49.7 Å². The lowest BCUT2D eigenvalue weighted by atomic mass is 9.98. The third-order valence-electron chi connectivity index (χ3n) is 5.63. The van der Waals surface area contributed by atoms with Crippen molar-refractivity contribution in [3.8, 4) is 22.8 Å². The largest absolute Gasteiger partial charge is 0.493 e. The first-order valence-electron chi connectivity index (χ1n) is 9.94. The van der Waals surface area contributed by atoms with Crippen LogP contribution in [0.1, 0.15) is 18.5 Å². The maximum atomic E-state index is 11.5. The molecule has 0 radical (unpaired) electrons. The predicted octanol–water partition coefficient (Wildman–Crippen LogP) is 2.90. The van der Waals surface area contributed by atoms with Crippen LogP contribution in [0, 0.1) is 5.92 Å². The van der Waals surface area contributed by atoms with Gasteiger partial charge in [0, 0.05) is 30.5 Å². The number of nitrogens with zero attached hydrogens (tertiary/aromatic N) is 3. The molecule has 3 aromatic rings. The Labute approximate surface area is 174 Å². The molecule has 0 aliphatic carbocycles. The first-order chi connectivity index (χ1) is 14.5. The van der Waals surface area contributed by atoms with Gasteiger partial charge < -0.3 is 24.7 Å². The number of ether oxygens (including phenoxy) is 2. The Morgan fingerprint density at radius 3 is 2.77 bits per heavy atom. The molecule has 2 aromatic heterocycles. The average Bonchev–Trinajstić information content (AvgIpc) is 3.10. The van der Waals surface area contributed by atoms with Crippen molar-refractivity contribution >= 4 is 17.3 Å². The van der Waals surface area contributed by atoms with Gasteiger partial charge in [0.05, 0.1) is 31.5 Å². The molecule has 0 saturated carbocycles. The standard InChI is InChI=1S/C22H26N4O4/c1-29-18-7-5-14(10-19(18)30-2)21-17(26-12-16(23)6-8-20(26)24-21)13-25-9-3-4-15(11-25)22(27)28/h5-8,10,12,15H,3-4,9,11,13,23H2,1-2H3,(H,27,28). The highest BCUT2D eigenvalue weighted by Crippen LogP contribution is 2.34. The lowest BCUT2D eigenvalue weighted by Gasteiger charge is -2.30. The number of aromatic nitrogens is 2. The van der Waals surface area contributed by atoms with Crippen LogP contribution in [0.15, 0.2) is 36.5 Å². The van der Waals surface area contributed by atoms with E-state index in [1.807, 2.05) is 40.9 Å². The number of carboxylic acid groups (broad SMARTS) is 1. The van der Waals surface area contributed by atoms with Gasteiger partial charge in [-0.1, -0.05) is 0 Å². The van der Waals surface area contributed by atoms with E-state index in [1.165, 1.54) is 0 Å². The molecule has 0 bridgehead atoms. The van der Waals surface area contributed by atoms with Gasteiger partial charge in [0.1, 0.15) is 5.65 Å². The number of imidazole rings is 1. The molecular weight excluding hydrogens is 384 g/mol. The van der Waals surface area contributed by atoms with Crippen molar-refractivity contribution in [1.29, 1.82) is 0 Å². The highest BCUT2D eigenvalue weighted by atomic mass is 16.5. The second-order valence-corrected chi connectivity index (χ2v) is 7.58. The minimum Gasteiger partial charge on any atom is -0.493 e. The van der Waals surface area contributed by atoms with Crippen molar-refractivity contribution in [2.24, 2.45) is 5.92 Å². The average molecular weight is 410 g/mol. The normalized spacial score (nSPS) is 17.2. The Hall–Kier alpha value is -3.26. The summed E-state index contributed by atoms with van der Waals surface area (Å²) in [5.74, 6) is 0.201. The smallest absolute Gasteiger partial charge is 0.307 e. The zero-order chi connectivity index (χ0) is 21.3. The fraction of sp³-hybridized carbons (Fsp3) is 0.364. The van der Waals surface area contributed by atoms with Crippen LogP contribution in [0.3, 0.4) is 0 Å². The van der Waals surface area contributed by atoms with Gasteiger partial charge >= 0.3 is 5.97 Å². The van der Waals surface area contributed by atoms with Crippen LogP contribution in [-0.2, 0) is 11.3 Å². The highest BCUT2D eigenvalue weighted by Gasteiger charge is 2.27. The number of aliphatic carboxylic acids is 1. The maximum absolute atomic E-state index is 11.5. The number of hydrogen-bond acceptors (Lipinski definition) is 6. The Morgan fingerprint density at radius 2 is 2.03 bits per heavy atom. The number of pyridine rings is 1. The molecule has 8 heteroatoms. The van der Waals surface area contributed by atoms with E-state index in [4.69, 9.17) is 20.2 Å². The zero-order valence-electron chi connectivity index (χ0n) is 17.2. The van der Waals surface area contributed by atoms with Crippen LogP contribution in [0.5, 0.6) is 11.5 Å². The summed E-state index contributed by atoms with van der Waals surface area (Å²) in [5.41, 5.74) is 10.2. The first-order valence-corrected chi connectivity index (χ1v) is 9.94. The van der Waals surface area contributed by atoms with E-state index in [0.717, 1.165) is 35.6 Å². The van der Waals surface area contributed by atoms with Crippen LogP contribution in [0.25, 0.3) is 16.9 Å². The van der Waals surface area contributed by atoms with E-state index >= 15 is 0 Å². The van der Waals surface area contributed by atoms with Crippen molar-refractivity contribution in [1.82, 2.24) is 14.3 Å². The van der Waals surface area contributed by atoms with Gasteiger partial charge in [0.25, 0.3) is 0 Å². The zero-order valence-corrected chi connectivity index (χ0v) is 17.2. The predicted molar refractivity (Wildman–Crippen MR) is 114 cm³/mol. The number of fused-ring (bicyclic) bond motifs is 1. The lowest BCUT2D eigenvalue weighted by molar-refractivity contribution is -0.143. The van der Waals surface area contributed by atoms with Crippen molar-refractivity contribution in [3.05, 3.63) is 42.2 Å². The van der Waals surface area contributed by atoms with Crippen LogP contribution in [0.2, 0.25) is 0 Å². The summed E-state index contributed by atoms with van der Waals surface area (Å²) in [6, 6.07) is 9.43. The summed E-state index contributed by atoms with van der Waals surface area (Å²) in [5, 5.41) is 9.44. The van der Waals surface area contributed by atoms with Crippen molar-refractivity contribution in [2.75, 3.05) is 33.0 Å². The molecule has 0 spiro atoms. The number of benzene rings is 1. The number of piperidine rings is 1. The quantitative estimate of drug-likeness (QED) is 0.644. The Morgan fingerprint density at radius 1 is 1.23 bits per heavy atom. The van der Waals surface area contributed by atoms with Gasteiger partial charge in [0.15, 0.2) is 11.5 Å². The van der Waals surface area contributed by atoms with E-state index in [2.05, 4.69) is 4.90 Å². The molecule has 1 atom stereocenters. The van der Waals surface area contributed by atoms with E-state index in [-0.39, 0.29) is 5.92 Å². The minimum absolute atomic E-state index is 0.340. The molecule has 1 aliphatic heterocycles. The Bertz CT molecular complexity index is 1080. The third kappa shape index (κ3) is 3.78. The van der Waals surface area contributed by atoms with Gasteiger partial charge in [-0.3, -0.25) is 9.69 Å². The summed E-state index contributed by atoms with van der Waals surface area (Å²) in [7, 11) is 3.21. The van der Waals surface area contributed by atoms with Crippen molar-refractivity contribution in [2.45, 2.75) is 19.4 Å². The van der Waals surface area contributed by atoms with Crippen LogP contribution in [0.4, 0.5) is 5.69 Å². The minimum atomic E-state index is -0.734. The lowest BCUT2D eigenvalue weighted by Crippen LogP contribution is -2.38. The molecule has 1 aliphatic rings. The molecule has 0 amide bonds. The molecule has 3 heterocycles. The SMILES string of the molecule is COc1ccc(-c2nc3ccc(N)cn3c2CN2CCCC(C(=O)O)C2)cc1OC. The fourth-order valence-corrected chi connectivity index (χ4v) is 4.09. The second kappa shape index (κ2) is 8.23. The molecular formula is C22H26N4O4. The molecule has 3 N–H and O–H groups in total. The number of nitrogens with two attached hydrogens (primary N) is 1. The van der Waals surface area contributed by atoms with E-state index in [1.54, 1.807) is 14.2 Å². The van der Waals surface area contributed by atoms with Crippen LogP contribution in [-0.4, -0.2) is 52.7 Å². The molecule has 4 rings (SSSR count). The van der Waals surface area contributed by atoms with Crippen molar-refractivity contribution < 1.29 is 19.4 Å². The molecule has 8 nitrogen and oxygen atoms in total. The van der Waals surface area contributed by atoms with Crippen LogP contribution < -0.4 is 15.2 Å². The number of carboxylic acids is 1. The van der Waals surface area contributed by atoms with Gasteiger partial charge in [-0.25, -0.2) is 4.98 Å². The van der Waals surface area contributed by atoms with E-state index in [0.29, 0.717) is 36.7 Å². The molecule has 158 valence electrons. The topological polar surface area (TPSA) is 102 Å². The Kier molecular flexibility index (Phi) is 5.50. The van der Waals surface area contributed by atoms with Crippen LogP contribution >= 0.6 is 0 Å². The second-order valence-electron chi connectivity index (χ2n) is 7.58. The Balaban J connectivity index is 1.78. The number of nitrogen functional groups attached to an aromatic ring is 1. The summed E-state index contributed by atoms with van der Waals surface area (Å²) >= 11 is 0. The number of carbonyl (C=O) groups is 1. The molecule has 1 unspecified atom stereocenters. The fourth-order valence-electron chi connectivity index (χ4n) is 4.09.